The summed E-state index contributed by atoms with van der Waals surface area (Å²) in [5.74, 6) is 0. The van der Waals surface area contributed by atoms with Crippen LogP contribution in [0, 0.1) is 0 Å². The average Bonchev–Trinajstić information content (AvgIpc) is 2.83. The summed E-state index contributed by atoms with van der Waals surface area (Å²) in [6, 6.07) is 3.17. The Morgan fingerprint density at radius 2 is 2.47 bits per heavy atom. The molecular formula is C13H22N2OS. The van der Waals surface area contributed by atoms with Gasteiger partial charge < -0.3 is 10.5 Å². The molecule has 3 unspecified atom stereocenters. The molecule has 0 saturated carbocycles. The van der Waals surface area contributed by atoms with Gasteiger partial charge in [0.25, 0.3) is 0 Å². The molecule has 0 spiro atoms. The lowest BCUT2D eigenvalue weighted by molar-refractivity contribution is -0.0348. The zero-order valence-corrected chi connectivity index (χ0v) is 11.5. The Labute approximate surface area is 108 Å². The van der Waals surface area contributed by atoms with E-state index in [1.165, 1.54) is 5.56 Å². The molecule has 2 heterocycles. The molecule has 1 fully saturated rings. The molecule has 0 amide bonds. The van der Waals surface area contributed by atoms with Crippen molar-refractivity contribution >= 4 is 11.3 Å². The van der Waals surface area contributed by atoms with Crippen molar-refractivity contribution in [2.24, 2.45) is 5.73 Å². The second kappa shape index (κ2) is 5.96. The lowest BCUT2D eigenvalue weighted by Crippen LogP contribution is -2.51. The third-order valence-electron chi connectivity index (χ3n) is 3.48. The van der Waals surface area contributed by atoms with Crippen LogP contribution in [0.4, 0.5) is 0 Å². The Hall–Kier alpha value is -0.420. The van der Waals surface area contributed by atoms with Gasteiger partial charge in [-0.1, -0.05) is 6.92 Å². The van der Waals surface area contributed by atoms with Gasteiger partial charge in [-0.2, -0.15) is 11.3 Å². The average molecular weight is 254 g/mol. The first-order chi connectivity index (χ1) is 8.24. The summed E-state index contributed by atoms with van der Waals surface area (Å²) >= 11 is 1.74. The van der Waals surface area contributed by atoms with E-state index in [9.17, 15) is 0 Å². The van der Waals surface area contributed by atoms with Crippen molar-refractivity contribution in [3.05, 3.63) is 22.4 Å². The lowest BCUT2D eigenvalue weighted by Gasteiger charge is -2.42. The van der Waals surface area contributed by atoms with Crippen LogP contribution in [-0.2, 0) is 4.74 Å². The largest absolute Gasteiger partial charge is 0.378 e. The van der Waals surface area contributed by atoms with Gasteiger partial charge in [-0.25, -0.2) is 0 Å². The number of hydrogen-bond acceptors (Lipinski definition) is 4. The molecule has 1 aliphatic rings. The molecule has 2 N–H and O–H groups in total. The summed E-state index contributed by atoms with van der Waals surface area (Å²) in [5.41, 5.74) is 7.55. The summed E-state index contributed by atoms with van der Waals surface area (Å²) < 4.78 is 5.57. The fourth-order valence-corrected chi connectivity index (χ4v) is 3.32. The maximum absolute atomic E-state index is 6.20. The Morgan fingerprint density at radius 1 is 1.65 bits per heavy atom. The lowest BCUT2D eigenvalue weighted by atomic mass is 9.98. The highest BCUT2D eigenvalue weighted by Crippen LogP contribution is 2.29. The van der Waals surface area contributed by atoms with Crippen molar-refractivity contribution in [1.82, 2.24) is 4.90 Å². The van der Waals surface area contributed by atoms with Gasteiger partial charge in [-0.15, -0.1) is 0 Å². The van der Waals surface area contributed by atoms with Crippen LogP contribution < -0.4 is 5.73 Å². The molecule has 3 atom stereocenters. The minimum Gasteiger partial charge on any atom is -0.378 e. The van der Waals surface area contributed by atoms with E-state index in [2.05, 4.69) is 35.6 Å². The minimum atomic E-state index is 0.150. The summed E-state index contributed by atoms with van der Waals surface area (Å²) in [4.78, 5) is 2.52. The summed E-state index contributed by atoms with van der Waals surface area (Å²) in [6.07, 6.45) is 1.12. The number of thiophene rings is 1. The third kappa shape index (κ3) is 2.88. The van der Waals surface area contributed by atoms with Crippen molar-refractivity contribution in [3.63, 3.8) is 0 Å². The molecule has 1 aliphatic heterocycles. The van der Waals surface area contributed by atoms with Gasteiger partial charge in [0.1, 0.15) is 0 Å². The van der Waals surface area contributed by atoms with E-state index in [0.29, 0.717) is 12.1 Å². The molecule has 1 aromatic heterocycles. The fourth-order valence-electron chi connectivity index (χ4n) is 2.63. The highest BCUT2D eigenvalue weighted by molar-refractivity contribution is 7.07. The molecule has 96 valence electrons. The van der Waals surface area contributed by atoms with Crippen LogP contribution in [0.5, 0.6) is 0 Å². The van der Waals surface area contributed by atoms with Gasteiger partial charge in [0, 0.05) is 18.6 Å². The predicted molar refractivity (Wildman–Crippen MR) is 72.3 cm³/mol. The second-order valence-electron chi connectivity index (χ2n) is 4.74. The van der Waals surface area contributed by atoms with Crippen molar-refractivity contribution in [2.75, 3.05) is 19.8 Å². The van der Waals surface area contributed by atoms with Gasteiger partial charge in [0.15, 0.2) is 0 Å². The molecule has 1 saturated heterocycles. The minimum absolute atomic E-state index is 0.150. The first kappa shape index (κ1) is 13.0. The van der Waals surface area contributed by atoms with Crippen molar-refractivity contribution in [2.45, 2.75) is 38.4 Å². The van der Waals surface area contributed by atoms with Gasteiger partial charge >= 0.3 is 0 Å². The SMILES string of the molecule is CCC1COCCN1C(c1ccsc1)C(C)N. The van der Waals surface area contributed by atoms with Crippen molar-refractivity contribution in [1.29, 1.82) is 0 Å². The Balaban J connectivity index is 2.20. The number of rotatable bonds is 4. The Morgan fingerprint density at radius 3 is 3.06 bits per heavy atom. The molecular weight excluding hydrogens is 232 g/mol. The van der Waals surface area contributed by atoms with E-state index in [1.807, 2.05) is 0 Å². The van der Waals surface area contributed by atoms with Crippen LogP contribution >= 0.6 is 11.3 Å². The van der Waals surface area contributed by atoms with E-state index in [-0.39, 0.29) is 6.04 Å². The van der Waals surface area contributed by atoms with Crippen LogP contribution in [-0.4, -0.2) is 36.7 Å². The molecule has 2 rings (SSSR count). The maximum atomic E-state index is 6.20. The van der Waals surface area contributed by atoms with E-state index in [0.717, 1.165) is 26.2 Å². The van der Waals surface area contributed by atoms with Gasteiger partial charge in [0.05, 0.1) is 19.3 Å². The molecule has 4 heteroatoms. The van der Waals surface area contributed by atoms with Crippen LogP contribution in [0.2, 0.25) is 0 Å². The zero-order valence-electron chi connectivity index (χ0n) is 10.6. The molecule has 1 aromatic rings. The highest BCUT2D eigenvalue weighted by atomic mass is 32.1. The number of morpholine rings is 1. The normalized spacial score (nSPS) is 25.7. The quantitative estimate of drug-likeness (QED) is 0.895. The number of nitrogens with two attached hydrogens (primary N) is 1. The van der Waals surface area contributed by atoms with Crippen molar-refractivity contribution in [3.8, 4) is 0 Å². The molecule has 0 aliphatic carbocycles. The zero-order chi connectivity index (χ0) is 12.3. The first-order valence-electron chi connectivity index (χ1n) is 6.35. The van der Waals surface area contributed by atoms with E-state index >= 15 is 0 Å². The molecule has 0 aromatic carbocycles. The van der Waals surface area contributed by atoms with Crippen LogP contribution in [0.1, 0.15) is 31.9 Å². The highest BCUT2D eigenvalue weighted by Gasteiger charge is 2.31. The predicted octanol–water partition coefficient (Wildman–Crippen LogP) is 2.25. The fraction of sp³-hybridized carbons (Fsp3) is 0.692. The maximum Gasteiger partial charge on any atom is 0.0622 e. The standard InChI is InChI=1S/C13H22N2OS/c1-3-12-8-16-6-5-15(12)13(10(2)14)11-4-7-17-9-11/h4,7,9-10,12-13H,3,5-6,8,14H2,1-2H3. The molecule has 0 bridgehead atoms. The van der Waals surface area contributed by atoms with Crippen molar-refractivity contribution < 1.29 is 4.74 Å². The summed E-state index contributed by atoms with van der Waals surface area (Å²) in [5, 5.41) is 4.35. The van der Waals surface area contributed by atoms with E-state index in [4.69, 9.17) is 10.5 Å². The van der Waals surface area contributed by atoms with Crippen LogP contribution in [0.15, 0.2) is 16.8 Å². The number of ether oxygens (including phenoxy) is 1. The first-order valence-corrected chi connectivity index (χ1v) is 7.29. The van der Waals surface area contributed by atoms with E-state index in [1.54, 1.807) is 11.3 Å². The van der Waals surface area contributed by atoms with E-state index < -0.39 is 0 Å². The molecule has 17 heavy (non-hydrogen) atoms. The molecule has 3 nitrogen and oxygen atoms in total. The smallest absolute Gasteiger partial charge is 0.0622 e. The monoisotopic (exact) mass is 254 g/mol. The number of hydrogen-bond donors (Lipinski definition) is 1. The van der Waals surface area contributed by atoms with Crippen LogP contribution in [0.3, 0.4) is 0 Å². The Bertz CT molecular complexity index is 326. The van der Waals surface area contributed by atoms with Gasteiger partial charge in [-0.05, 0) is 35.7 Å². The third-order valence-corrected chi connectivity index (χ3v) is 4.19. The summed E-state index contributed by atoms with van der Waals surface area (Å²) in [7, 11) is 0. The van der Waals surface area contributed by atoms with Gasteiger partial charge in [0.2, 0.25) is 0 Å². The van der Waals surface area contributed by atoms with Crippen LogP contribution in [0.25, 0.3) is 0 Å². The Kier molecular flexibility index (Phi) is 4.56. The second-order valence-corrected chi connectivity index (χ2v) is 5.52. The topological polar surface area (TPSA) is 38.5 Å². The summed E-state index contributed by atoms with van der Waals surface area (Å²) in [6.45, 7) is 6.97. The molecule has 0 radical (unpaired) electrons. The van der Waals surface area contributed by atoms with Gasteiger partial charge in [-0.3, -0.25) is 4.90 Å². The number of nitrogens with zero attached hydrogens (tertiary/aromatic N) is 1.